The highest BCUT2D eigenvalue weighted by Gasteiger charge is 2.80. The molecule has 0 aromatic heterocycles. The van der Waals surface area contributed by atoms with Gasteiger partial charge in [-0.25, -0.2) is 0 Å². The average Bonchev–Trinajstić information content (AvgIpc) is 3.65. The normalized spacial score (nSPS) is 38.8. The SMILES string of the molecule is COC12CC[C@@]3(C[C@@H]1CNC(=O)[C@H](CO)NC(C)=O)[C@H]1Cc4ccc(O)c5c4[C@@]3(CCN1CC1CC1)C2O5. The Morgan fingerprint density at radius 2 is 2.08 bits per heavy atom. The van der Waals surface area contributed by atoms with Gasteiger partial charge in [0.05, 0.1) is 6.61 Å². The van der Waals surface area contributed by atoms with Gasteiger partial charge < -0.3 is 30.3 Å². The second kappa shape index (κ2) is 8.32. The first-order valence-electron chi connectivity index (χ1n) is 14.3. The molecule has 5 fully saturated rings. The molecule has 7 atom stereocenters. The molecular formula is C29H39N3O6. The molecule has 9 nitrogen and oxygen atoms in total. The van der Waals surface area contributed by atoms with Gasteiger partial charge in [0.2, 0.25) is 11.8 Å². The lowest BCUT2D eigenvalue weighted by Crippen LogP contribution is -2.81. The summed E-state index contributed by atoms with van der Waals surface area (Å²) < 4.78 is 13.3. The molecule has 38 heavy (non-hydrogen) atoms. The monoisotopic (exact) mass is 525 g/mol. The molecule has 2 amide bonds. The van der Waals surface area contributed by atoms with E-state index in [1.165, 1.54) is 30.9 Å². The van der Waals surface area contributed by atoms with Crippen LogP contribution in [0, 0.1) is 17.3 Å². The lowest BCUT2D eigenvalue weighted by molar-refractivity contribution is -0.276. The fraction of sp³-hybridized carbons (Fsp3) is 0.724. The molecule has 4 saturated carbocycles. The Morgan fingerprint density at radius 3 is 2.79 bits per heavy atom. The summed E-state index contributed by atoms with van der Waals surface area (Å²) >= 11 is 0. The van der Waals surface area contributed by atoms with Crippen molar-refractivity contribution in [3.8, 4) is 11.5 Å². The number of carbonyl (C=O) groups excluding carboxylic acids is 2. The molecule has 206 valence electrons. The third-order valence-corrected chi connectivity index (χ3v) is 11.2. The van der Waals surface area contributed by atoms with Crippen molar-refractivity contribution in [1.82, 2.24) is 15.5 Å². The predicted molar refractivity (Wildman–Crippen MR) is 138 cm³/mol. The number of phenolic OH excluding ortho intramolecular Hbond substituents is 1. The van der Waals surface area contributed by atoms with Crippen molar-refractivity contribution in [3.05, 3.63) is 23.3 Å². The summed E-state index contributed by atoms with van der Waals surface area (Å²) in [6.45, 7) is 3.45. The summed E-state index contributed by atoms with van der Waals surface area (Å²) in [6.07, 6.45) is 7.14. The van der Waals surface area contributed by atoms with E-state index >= 15 is 0 Å². The van der Waals surface area contributed by atoms with E-state index in [0.717, 1.165) is 51.1 Å². The Hall–Kier alpha value is -2.36. The number of nitrogens with zero attached hydrogens (tertiary/aromatic N) is 1. The zero-order valence-corrected chi connectivity index (χ0v) is 22.3. The highest BCUT2D eigenvalue weighted by atomic mass is 16.6. The molecular weight excluding hydrogens is 486 g/mol. The first-order valence-corrected chi connectivity index (χ1v) is 14.3. The smallest absolute Gasteiger partial charge is 0.244 e. The Bertz CT molecular complexity index is 1190. The van der Waals surface area contributed by atoms with Gasteiger partial charge >= 0.3 is 0 Å². The van der Waals surface area contributed by atoms with E-state index in [-0.39, 0.29) is 34.5 Å². The fourth-order valence-electron chi connectivity index (χ4n) is 9.58. The number of phenols is 1. The molecule has 0 radical (unpaired) electrons. The van der Waals surface area contributed by atoms with E-state index in [2.05, 4.69) is 21.6 Å². The number of nitrogens with one attached hydrogen (secondary N) is 2. The Balaban J connectivity index is 1.28. The molecule has 1 aromatic carbocycles. The number of carbonyl (C=O) groups is 2. The minimum atomic E-state index is -0.981. The average molecular weight is 526 g/mol. The highest BCUT2D eigenvalue weighted by molar-refractivity contribution is 5.86. The molecule has 7 aliphatic rings. The number of hydrogen-bond donors (Lipinski definition) is 4. The van der Waals surface area contributed by atoms with Gasteiger partial charge in [0, 0.05) is 55.5 Å². The molecule has 2 heterocycles. The lowest BCUT2D eigenvalue weighted by Gasteiger charge is -2.74. The molecule has 2 unspecified atom stereocenters. The molecule has 9 heteroatoms. The maximum atomic E-state index is 12.9. The Morgan fingerprint density at radius 1 is 1.26 bits per heavy atom. The molecule has 1 aromatic rings. The largest absolute Gasteiger partial charge is 0.504 e. The van der Waals surface area contributed by atoms with E-state index in [4.69, 9.17) is 9.47 Å². The van der Waals surface area contributed by atoms with Crippen LogP contribution in [0.2, 0.25) is 0 Å². The lowest BCUT2D eigenvalue weighted by atomic mass is 9.35. The first-order chi connectivity index (χ1) is 18.3. The minimum Gasteiger partial charge on any atom is -0.504 e. The molecule has 4 N–H and O–H groups in total. The number of aromatic hydroxyl groups is 1. The van der Waals surface area contributed by atoms with Gasteiger partial charge in [0.15, 0.2) is 11.5 Å². The molecule has 5 aliphatic carbocycles. The van der Waals surface area contributed by atoms with Crippen molar-refractivity contribution in [2.24, 2.45) is 17.3 Å². The van der Waals surface area contributed by atoms with Crippen LogP contribution in [-0.2, 0) is 26.2 Å². The topological polar surface area (TPSA) is 120 Å². The second-order valence-corrected chi connectivity index (χ2v) is 12.7. The van der Waals surface area contributed by atoms with Gasteiger partial charge in [-0.15, -0.1) is 0 Å². The van der Waals surface area contributed by atoms with Crippen LogP contribution in [0.5, 0.6) is 11.5 Å². The van der Waals surface area contributed by atoms with Crippen LogP contribution in [0.1, 0.15) is 56.6 Å². The van der Waals surface area contributed by atoms with Gasteiger partial charge in [-0.2, -0.15) is 0 Å². The highest BCUT2D eigenvalue weighted by Crippen LogP contribution is 2.76. The quantitative estimate of drug-likeness (QED) is 0.403. The van der Waals surface area contributed by atoms with E-state index < -0.39 is 24.2 Å². The van der Waals surface area contributed by atoms with Gasteiger partial charge in [0.25, 0.3) is 0 Å². The standard InChI is InChI=1S/C29H39N3O6/c1-16(34)31-20(15-33)25(36)30-13-19-12-27-7-8-29(19,37-2)26-28(27)9-10-32(14-17-3-4-17)22(27)11-18-5-6-21(35)24(38-26)23(18)28/h5-6,17,19-20,22,26,33,35H,3-4,7-15H2,1-2H3,(H,30,36)(H,31,34)/t19-,20+,22-,26?,27-,28+,29?/m1/s1. The van der Waals surface area contributed by atoms with Crippen LogP contribution in [-0.4, -0.2) is 84.1 Å². The van der Waals surface area contributed by atoms with Crippen LogP contribution in [0.3, 0.4) is 0 Å². The molecule has 8 rings (SSSR count). The number of aliphatic hydroxyl groups excluding tert-OH is 1. The minimum absolute atomic E-state index is 0.00127. The number of ether oxygens (including phenoxy) is 2. The number of methoxy groups -OCH3 is 1. The van der Waals surface area contributed by atoms with E-state index in [0.29, 0.717) is 18.3 Å². The van der Waals surface area contributed by atoms with Crippen LogP contribution in [0.4, 0.5) is 0 Å². The predicted octanol–water partition coefficient (Wildman–Crippen LogP) is 1.23. The summed E-state index contributed by atoms with van der Waals surface area (Å²) in [6, 6.07) is 3.31. The summed E-state index contributed by atoms with van der Waals surface area (Å²) in [4.78, 5) is 27.2. The van der Waals surface area contributed by atoms with E-state index in [1.54, 1.807) is 13.2 Å². The van der Waals surface area contributed by atoms with E-state index in [9.17, 15) is 19.8 Å². The number of hydrogen-bond acceptors (Lipinski definition) is 7. The van der Waals surface area contributed by atoms with Crippen LogP contribution in [0.15, 0.2) is 12.1 Å². The fourth-order valence-corrected chi connectivity index (χ4v) is 9.58. The van der Waals surface area contributed by atoms with Crippen LogP contribution in [0.25, 0.3) is 0 Å². The Kier molecular flexibility index (Phi) is 5.40. The van der Waals surface area contributed by atoms with Crippen LogP contribution >= 0.6 is 0 Å². The number of piperidine rings is 1. The molecule has 2 aliphatic heterocycles. The van der Waals surface area contributed by atoms with Crippen molar-refractivity contribution in [1.29, 1.82) is 0 Å². The first kappa shape index (κ1) is 24.7. The number of aliphatic hydroxyl groups is 1. The number of fused-ring (bicyclic) bond motifs is 2. The number of rotatable bonds is 8. The zero-order valence-electron chi connectivity index (χ0n) is 22.3. The summed E-state index contributed by atoms with van der Waals surface area (Å²) in [7, 11) is 1.76. The van der Waals surface area contributed by atoms with Gasteiger partial charge in [-0.1, -0.05) is 6.07 Å². The van der Waals surface area contributed by atoms with Crippen molar-refractivity contribution >= 4 is 11.8 Å². The van der Waals surface area contributed by atoms with Crippen LogP contribution < -0.4 is 15.4 Å². The second-order valence-electron chi connectivity index (χ2n) is 12.7. The summed E-state index contributed by atoms with van der Waals surface area (Å²) in [5.74, 6) is 0.905. The Labute approximate surface area is 223 Å². The van der Waals surface area contributed by atoms with Gasteiger partial charge in [-0.3, -0.25) is 14.5 Å². The van der Waals surface area contributed by atoms with Gasteiger partial charge in [-0.05, 0) is 69.0 Å². The van der Waals surface area contributed by atoms with Crippen molar-refractivity contribution < 1.29 is 29.3 Å². The van der Waals surface area contributed by atoms with Crippen molar-refractivity contribution in [2.45, 2.75) is 81.1 Å². The summed E-state index contributed by atoms with van der Waals surface area (Å²) in [5, 5.41) is 26.2. The number of benzene rings is 1. The summed E-state index contributed by atoms with van der Waals surface area (Å²) in [5.41, 5.74) is 1.68. The van der Waals surface area contributed by atoms with E-state index in [1.807, 2.05) is 0 Å². The van der Waals surface area contributed by atoms with Crippen molar-refractivity contribution in [2.75, 3.05) is 33.4 Å². The number of amides is 2. The third-order valence-electron chi connectivity index (χ3n) is 11.2. The molecule has 1 saturated heterocycles. The van der Waals surface area contributed by atoms with Gasteiger partial charge in [0.1, 0.15) is 17.7 Å². The maximum absolute atomic E-state index is 12.9. The third kappa shape index (κ3) is 3.04. The zero-order chi connectivity index (χ0) is 26.4. The van der Waals surface area contributed by atoms with Crippen molar-refractivity contribution in [3.63, 3.8) is 0 Å². The molecule has 4 bridgehead atoms. The maximum Gasteiger partial charge on any atom is 0.244 e. The number of likely N-dealkylation sites (tertiary alicyclic amines) is 1. The molecule has 2 spiro atoms.